The summed E-state index contributed by atoms with van der Waals surface area (Å²) in [7, 11) is 0. The normalized spacial score (nSPS) is 14.5. The molecule has 0 atom stereocenters. The van der Waals surface area contributed by atoms with Crippen molar-refractivity contribution in [3.8, 4) is 0 Å². The Kier molecular flexibility index (Phi) is 5.48. The highest BCUT2D eigenvalue weighted by Gasteiger charge is 2.14. The van der Waals surface area contributed by atoms with E-state index in [4.69, 9.17) is 0 Å². The molecule has 1 aliphatic rings. The summed E-state index contributed by atoms with van der Waals surface area (Å²) in [5, 5.41) is 0. The highest BCUT2D eigenvalue weighted by atomic mass is 79.9. The second-order valence-corrected chi connectivity index (χ2v) is 5.70. The summed E-state index contributed by atoms with van der Waals surface area (Å²) in [6, 6.07) is 2.00. The van der Waals surface area contributed by atoms with Gasteiger partial charge in [0.25, 0.3) is 0 Å². The van der Waals surface area contributed by atoms with Gasteiger partial charge in [-0.15, -0.1) is 0 Å². The van der Waals surface area contributed by atoms with Crippen LogP contribution in [-0.4, -0.2) is 10.8 Å². The second-order valence-electron chi connectivity index (χ2n) is 4.79. The van der Waals surface area contributed by atoms with Crippen molar-refractivity contribution >= 4 is 27.3 Å². The van der Waals surface area contributed by atoms with Gasteiger partial charge in [0.1, 0.15) is 0 Å². The molecule has 1 heterocycles. The molecule has 104 valence electrons. The standard InChI is InChI=1S/C17H18BrNO/c1-2-3-9-17(20)16-8-6-4-5-7-15(16)13-10-14(18)12-19-11-13/h5-8,10-12H,2-4,9H2,1H3. The van der Waals surface area contributed by atoms with Crippen molar-refractivity contribution in [2.45, 2.75) is 32.6 Å². The van der Waals surface area contributed by atoms with Crippen LogP contribution in [0.5, 0.6) is 0 Å². The van der Waals surface area contributed by atoms with Crippen molar-refractivity contribution in [3.63, 3.8) is 0 Å². The van der Waals surface area contributed by atoms with Crippen LogP contribution in [0.15, 0.2) is 52.8 Å². The number of halogens is 1. The average molecular weight is 332 g/mol. The molecule has 0 aliphatic heterocycles. The van der Waals surface area contributed by atoms with E-state index in [0.29, 0.717) is 6.42 Å². The largest absolute Gasteiger partial charge is 0.294 e. The number of carbonyl (C=O) groups is 1. The van der Waals surface area contributed by atoms with Gasteiger partial charge in [-0.3, -0.25) is 9.78 Å². The molecule has 1 aliphatic carbocycles. The van der Waals surface area contributed by atoms with Gasteiger partial charge in [-0.2, -0.15) is 0 Å². The Labute approximate surface area is 128 Å². The van der Waals surface area contributed by atoms with E-state index in [1.807, 2.05) is 24.3 Å². The van der Waals surface area contributed by atoms with Crippen molar-refractivity contribution in [3.05, 3.63) is 58.4 Å². The molecule has 0 fully saturated rings. The fraction of sp³-hybridized carbons (Fsp3) is 0.294. The monoisotopic (exact) mass is 331 g/mol. The number of rotatable bonds is 5. The first-order valence-corrected chi connectivity index (χ1v) is 7.73. The van der Waals surface area contributed by atoms with Gasteiger partial charge in [0, 0.05) is 34.4 Å². The van der Waals surface area contributed by atoms with E-state index in [0.717, 1.165) is 40.4 Å². The summed E-state index contributed by atoms with van der Waals surface area (Å²) in [6.07, 6.45) is 15.1. The smallest absolute Gasteiger partial charge is 0.163 e. The molecule has 1 aromatic heterocycles. The van der Waals surface area contributed by atoms with Gasteiger partial charge in [-0.25, -0.2) is 0 Å². The maximum absolute atomic E-state index is 12.4. The highest BCUT2D eigenvalue weighted by molar-refractivity contribution is 9.10. The van der Waals surface area contributed by atoms with Gasteiger partial charge >= 0.3 is 0 Å². The Bertz CT molecular complexity index is 584. The van der Waals surface area contributed by atoms with Gasteiger partial charge in [0.15, 0.2) is 5.78 Å². The highest BCUT2D eigenvalue weighted by Crippen LogP contribution is 2.26. The van der Waals surface area contributed by atoms with Crippen molar-refractivity contribution in [1.29, 1.82) is 0 Å². The van der Waals surface area contributed by atoms with E-state index < -0.39 is 0 Å². The SMILES string of the molecule is CCCCC(=O)C1=C(c2cncc(Br)c2)C=CCC=C1. The molecule has 0 bridgehead atoms. The Balaban J connectivity index is 2.43. The van der Waals surface area contributed by atoms with Gasteiger partial charge in [0.05, 0.1) is 0 Å². The third kappa shape index (κ3) is 3.76. The molecule has 0 unspecified atom stereocenters. The van der Waals surface area contributed by atoms with Crippen LogP contribution in [0, 0.1) is 0 Å². The number of carbonyl (C=O) groups excluding carboxylic acids is 1. The van der Waals surface area contributed by atoms with Gasteiger partial charge in [-0.05, 0) is 40.4 Å². The third-order valence-electron chi connectivity index (χ3n) is 3.21. The quantitative estimate of drug-likeness (QED) is 0.770. The number of allylic oxidation sites excluding steroid dienone is 6. The lowest BCUT2D eigenvalue weighted by atomic mass is 9.96. The zero-order chi connectivity index (χ0) is 14.4. The Morgan fingerprint density at radius 2 is 2.10 bits per heavy atom. The number of aromatic nitrogens is 1. The Morgan fingerprint density at radius 1 is 1.30 bits per heavy atom. The van der Waals surface area contributed by atoms with E-state index in [-0.39, 0.29) is 5.78 Å². The van der Waals surface area contributed by atoms with Crippen molar-refractivity contribution in [2.75, 3.05) is 0 Å². The zero-order valence-electron chi connectivity index (χ0n) is 11.6. The summed E-state index contributed by atoms with van der Waals surface area (Å²) in [5.74, 6) is 0.213. The Morgan fingerprint density at radius 3 is 2.85 bits per heavy atom. The van der Waals surface area contributed by atoms with E-state index in [1.165, 1.54) is 0 Å². The van der Waals surface area contributed by atoms with Crippen molar-refractivity contribution < 1.29 is 4.79 Å². The van der Waals surface area contributed by atoms with Crippen molar-refractivity contribution in [1.82, 2.24) is 4.98 Å². The molecule has 2 rings (SSSR count). The minimum absolute atomic E-state index is 0.213. The number of hydrogen-bond donors (Lipinski definition) is 0. The Hall–Kier alpha value is -1.48. The minimum Gasteiger partial charge on any atom is -0.294 e. The first kappa shape index (κ1) is 14.9. The third-order valence-corrected chi connectivity index (χ3v) is 3.64. The summed E-state index contributed by atoms with van der Waals surface area (Å²) >= 11 is 3.44. The molecule has 0 radical (unpaired) electrons. The maximum Gasteiger partial charge on any atom is 0.163 e. The molecule has 0 amide bonds. The lowest BCUT2D eigenvalue weighted by Crippen LogP contribution is -2.03. The van der Waals surface area contributed by atoms with E-state index >= 15 is 0 Å². The van der Waals surface area contributed by atoms with Crippen molar-refractivity contribution in [2.24, 2.45) is 0 Å². The van der Waals surface area contributed by atoms with Crippen LogP contribution in [0.2, 0.25) is 0 Å². The average Bonchev–Trinajstić information content (AvgIpc) is 2.70. The van der Waals surface area contributed by atoms with Gasteiger partial charge in [0.2, 0.25) is 0 Å². The first-order chi connectivity index (χ1) is 9.72. The number of pyridine rings is 1. The van der Waals surface area contributed by atoms with Gasteiger partial charge < -0.3 is 0 Å². The molecule has 1 aromatic rings. The molecular weight excluding hydrogens is 314 g/mol. The van der Waals surface area contributed by atoms with E-state index in [2.05, 4.69) is 33.9 Å². The fourth-order valence-electron chi connectivity index (χ4n) is 2.16. The fourth-order valence-corrected chi connectivity index (χ4v) is 2.52. The molecule has 2 nitrogen and oxygen atoms in total. The number of nitrogens with zero attached hydrogens (tertiary/aromatic N) is 1. The molecule has 0 N–H and O–H groups in total. The molecule has 0 saturated heterocycles. The number of Topliss-reactive ketones (excluding diaryl/α,β-unsaturated/α-hetero) is 1. The molecule has 3 heteroatoms. The molecular formula is C17H18BrNO. The molecule has 0 spiro atoms. The summed E-state index contributed by atoms with van der Waals surface area (Å²) in [5.41, 5.74) is 2.74. The second kappa shape index (κ2) is 7.34. The summed E-state index contributed by atoms with van der Waals surface area (Å²) in [4.78, 5) is 16.6. The molecule has 20 heavy (non-hydrogen) atoms. The predicted molar refractivity (Wildman–Crippen MR) is 86.3 cm³/mol. The lowest BCUT2D eigenvalue weighted by molar-refractivity contribution is -0.115. The summed E-state index contributed by atoms with van der Waals surface area (Å²) in [6.45, 7) is 2.10. The molecule has 0 saturated carbocycles. The van der Waals surface area contributed by atoms with E-state index in [1.54, 1.807) is 12.4 Å². The van der Waals surface area contributed by atoms with Crippen LogP contribution in [-0.2, 0) is 4.79 Å². The number of unbranched alkanes of at least 4 members (excludes halogenated alkanes) is 1. The van der Waals surface area contributed by atoms with Crippen LogP contribution in [0.4, 0.5) is 0 Å². The topological polar surface area (TPSA) is 30.0 Å². The van der Waals surface area contributed by atoms with E-state index in [9.17, 15) is 4.79 Å². The zero-order valence-corrected chi connectivity index (χ0v) is 13.2. The predicted octanol–water partition coefficient (Wildman–Crippen LogP) is 4.87. The summed E-state index contributed by atoms with van der Waals surface area (Å²) < 4.78 is 0.921. The minimum atomic E-state index is 0.213. The number of hydrogen-bond acceptors (Lipinski definition) is 2. The maximum atomic E-state index is 12.4. The van der Waals surface area contributed by atoms with Crippen LogP contribution in [0.3, 0.4) is 0 Å². The first-order valence-electron chi connectivity index (χ1n) is 6.94. The van der Waals surface area contributed by atoms with Gasteiger partial charge in [-0.1, -0.05) is 37.6 Å². The van der Waals surface area contributed by atoms with Crippen LogP contribution in [0.25, 0.3) is 5.57 Å². The van der Waals surface area contributed by atoms with Crippen LogP contribution >= 0.6 is 15.9 Å². The molecule has 0 aromatic carbocycles. The van der Waals surface area contributed by atoms with Crippen LogP contribution in [0.1, 0.15) is 38.2 Å². The number of ketones is 1. The lowest BCUT2D eigenvalue weighted by Gasteiger charge is -2.08. The van der Waals surface area contributed by atoms with Crippen LogP contribution < -0.4 is 0 Å².